The predicted octanol–water partition coefficient (Wildman–Crippen LogP) is 3.99. The smallest absolute Gasteiger partial charge is 0.306 e. The van der Waals surface area contributed by atoms with Gasteiger partial charge in [-0.05, 0) is 32.8 Å². The van der Waals surface area contributed by atoms with Crippen molar-refractivity contribution in [2.75, 3.05) is 0 Å². The third kappa shape index (κ3) is 4.03. The number of hydrogen-bond donors (Lipinski definition) is 0. The van der Waals surface area contributed by atoms with Gasteiger partial charge in [-0.15, -0.1) is 0 Å². The Balaban J connectivity index is 1.36. The molecule has 0 fully saturated rings. The van der Waals surface area contributed by atoms with Crippen molar-refractivity contribution < 1.29 is 14.1 Å². The molecule has 0 saturated carbocycles. The first-order chi connectivity index (χ1) is 14.0. The fourth-order valence-corrected chi connectivity index (χ4v) is 3.37. The second kappa shape index (κ2) is 7.87. The predicted molar refractivity (Wildman–Crippen MR) is 107 cm³/mol. The maximum atomic E-state index is 12.2. The van der Waals surface area contributed by atoms with E-state index in [4.69, 9.17) is 9.26 Å². The summed E-state index contributed by atoms with van der Waals surface area (Å²) >= 11 is 0. The number of nitrogens with zero attached hydrogens (tertiary/aromatic N) is 4. The van der Waals surface area contributed by atoms with Gasteiger partial charge in [0, 0.05) is 35.5 Å². The van der Waals surface area contributed by atoms with Gasteiger partial charge in [-0.3, -0.25) is 4.79 Å². The Morgan fingerprint density at radius 3 is 2.72 bits per heavy atom. The van der Waals surface area contributed by atoms with Crippen molar-refractivity contribution in [2.24, 2.45) is 0 Å². The zero-order valence-corrected chi connectivity index (χ0v) is 16.7. The number of esters is 1. The summed E-state index contributed by atoms with van der Waals surface area (Å²) in [5, 5.41) is 8.44. The molecule has 4 aromatic rings. The zero-order valence-electron chi connectivity index (χ0n) is 16.7. The minimum absolute atomic E-state index is 0.0861. The fraction of sp³-hybridized carbons (Fsp3) is 0.273. The van der Waals surface area contributed by atoms with Crippen LogP contribution in [0.4, 0.5) is 0 Å². The first kappa shape index (κ1) is 18.9. The van der Waals surface area contributed by atoms with Crippen LogP contribution in [0.25, 0.3) is 17.0 Å². The van der Waals surface area contributed by atoms with Gasteiger partial charge in [0.2, 0.25) is 0 Å². The Hall–Kier alpha value is -3.48. The second-order valence-electron chi connectivity index (χ2n) is 7.03. The molecule has 0 unspecified atom stereocenters. The number of carbonyl (C=O) groups is 1. The summed E-state index contributed by atoms with van der Waals surface area (Å²) in [4.78, 5) is 16.8. The molecule has 1 aromatic carbocycles. The van der Waals surface area contributed by atoms with Crippen LogP contribution in [0.3, 0.4) is 0 Å². The van der Waals surface area contributed by atoms with E-state index in [1.54, 1.807) is 6.07 Å². The second-order valence-corrected chi connectivity index (χ2v) is 7.03. The highest BCUT2D eigenvalue weighted by atomic mass is 16.5. The lowest BCUT2D eigenvalue weighted by Gasteiger charge is -2.10. The van der Waals surface area contributed by atoms with E-state index in [1.807, 2.05) is 61.7 Å². The van der Waals surface area contributed by atoms with Crippen molar-refractivity contribution >= 4 is 11.6 Å². The summed E-state index contributed by atoms with van der Waals surface area (Å²) in [6, 6.07) is 13.4. The summed E-state index contributed by atoms with van der Waals surface area (Å²) < 4.78 is 12.5. The third-order valence-electron chi connectivity index (χ3n) is 4.86. The Kier molecular flexibility index (Phi) is 5.12. The Morgan fingerprint density at radius 2 is 1.93 bits per heavy atom. The maximum Gasteiger partial charge on any atom is 0.306 e. The van der Waals surface area contributed by atoms with Gasteiger partial charge in [0.05, 0.1) is 5.69 Å². The highest BCUT2D eigenvalue weighted by molar-refractivity contribution is 5.70. The minimum Gasteiger partial charge on any atom is -0.459 e. The number of aryl methyl sites for hydroxylation is 3. The molecular formula is C22H22N4O3. The fourth-order valence-electron chi connectivity index (χ4n) is 3.37. The van der Waals surface area contributed by atoms with E-state index in [2.05, 4.69) is 15.2 Å². The molecule has 148 valence electrons. The molecular weight excluding hydrogens is 368 g/mol. The number of hydrogen-bond acceptors (Lipinski definition) is 6. The van der Waals surface area contributed by atoms with Crippen LogP contribution in [0.15, 0.2) is 47.0 Å². The van der Waals surface area contributed by atoms with E-state index in [-0.39, 0.29) is 19.0 Å². The average molecular weight is 390 g/mol. The lowest BCUT2D eigenvalue weighted by molar-refractivity contribution is -0.145. The Bertz CT molecular complexity index is 1160. The lowest BCUT2D eigenvalue weighted by atomic mass is 10.1. The van der Waals surface area contributed by atoms with Crippen molar-refractivity contribution in [1.82, 2.24) is 19.8 Å². The van der Waals surface area contributed by atoms with Crippen LogP contribution in [-0.2, 0) is 22.6 Å². The van der Waals surface area contributed by atoms with Gasteiger partial charge in [-0.2, -0.15) is 5.10 Å². The zero-order chi connectivity index (χ0) is 20.4. The van der Waals surface area contributed by atoms with Crippen LogP contribution in [-0.4, -0.2) is 25.7 Å². The van der Waals surface area contributed by atoms with Crippen LogP contribution in [0, 0.1) is 20.8 Å². The highest BCUT2D eigenvalue weighted by Crippen LogP contribution is 2.20. The number of carbonyl (C=O) groups excluding carboxylic acids is 1. The quantitative estimate of drug-likeness (QED) is 0.463. The van der Waals surface area contributed by atoms with Gasteiger partial charge in [0.15, 0.2) is 11.4 Å². The van der Waals surface area contributed by atoms with Gasteiger partial charge in [0.25, 0.3) is 0 Å². The van der Waals surface area contributed by atoms with Crippen LogP contribution in [0.5, 0.6) is 0 Å². The molecule has 0 atom stereocenters. The average Bonchev–Trinajstić information content (AvgIpc) is 3.33. The van der Waals surface area contributed by atoms with Gasteiger partial charge < -0.3 is 9.26 Å². The molecule has 0 N–H and O–H groups in total. The molecule has 0 bridgehead atoms. The van der Waals surface area contributed by atoms with Crippen molar-refractivity contribution in [3.63, 3.8) is 0 Å². The van der Waals surface area contributed by atoms with Crippen LogP contribution < -0.4 is 0 Å². The molecule has 0 aliphatic heterocycles. The summed E-state index contributed by atoms with van der Waals surface area (Å²) in [5.41, 5.74) is 6.18. The monoisotopic (exact) mass is 390 g/mol. The van der Waals surface area contributed by atoms with Gasteiger partial charge in [-0.25, -0.2) is 9.50 Å². The SMILES string of the molecule is Cc1cc2nc(C)c(CCC(=O)OCc3cc(-c4ccccc4)on3)c(C)n2n1. The van der Waals surface area contributed by atoms with Crippen LogP contribution in [0.2, 0.25) is 0 Å². The van der Waals surface area contributed by atoms with E-state index in [1.165, 1.54) is 0 Å². The van der Waals surface area contributed by atoms with E-state index in [9.17, 15) is 4.79 Å². The first-order valence-electron chi connectivity index (χ1n) is 9.50. The number of ether oxygens (including phenoxy) is 1. The maximum absolute atomic E-state index is 12.2. The molecule has 0 amide bonds. The largest absolute Gasteiger partial charge is 0.459 e. The number of benzene rings is 1. The van der Waals surface area contributed by atoms with Crippen molar-refractivity contribution in [2.45, 2.75) is 40.2 Å². The van der Waals surface area contributed by atoms with E-state index < -0.39 is 0 Å². The summed E-state index contributed by atoms with van der Waals surface area (Å²) in [6.45, 7) is 5.97. The summed E-state index contributed by atoms with van der Waals surface area (Å²) in [5.74, 6) is 0.363. The minimum atomic E-state index is -0.287. The molecule has 7 nitrogen and oxygen atoms in total. The summed E-state index contributed by atoms with van der Waals surface area (Å²) in [7, 11) is 0. The highest BCUT2D eigenvalue weighted by Gasteiger charge is 2.14. The Morgan fingerprint density at radius 1 is 1.14 bits per heavy atom. The van der Waals surface area contributed by atoms with Gasteiger partial charge in [-0.1, -0.05) is 35.5 Å². The molecule has 0 radical (unpaired) electrons. The number of aromatic nitrogens is 4. The molecule has 0 spiro atoms. The van der Waals surface area contributed by atoms with Crippen molar-refractivity contribution in [1.29, 1.82) is 0 Å². The topological polar surface area (TPSA) is 82.5 Å². The molecule has 0 aliphatic rings. The third-order valence-corrected chi connectivity index (χ3v) is 4.86. The molecule has 7 heteroatoms. The van der Waals surface area contributed by atoms with E-state index in [0.717, 1.165) is 33.9 Å². The van der Waals surface area contributed by atoms with Gasteiger partial charge in [0.1, 0.15) is 12.3 Å². The molecule has 29 heavy (non-hydrogen) atoms. The van der Waals surface area contributed by atoms with E-state index in [0.29, 0.717) is 17.9 Å². The van der Waals surface area contributed by atoms with Crippen LogP contribution in [0.1, 0.15) is 34.8 Å². The normalized spacial score (nSPS) is 11.1. The van der Waals surface area contributed by atoms with Gasteiger partial charge >= 0.3 is 5.97 Å². The number of fused-ring (bicyclic) bond motifs is 1. The van der Waals surface area contributed by atoms with E-state index >= 15 is 0 Å². The molecule has 0 saturated heterocycles. The summed E-state index contributed by atoms with van der Waals surface area (Å²) in [6.07, 6.45) is 0.810. The molecule has 3 heterocycles. The van der Waals surface area contributed by atoms with Crippen LogP contribution >= 0.6 is 0 Å². The number of rotatable bonds is 6. The van der Waals surface area contributed by atoms with Crippen molar-refractivity contribution in [3.05, 3.63) is 70.8 Å². The van der Waals surface area contributed by atoms with Crippen molar-refractivity contribution in [3.8, 4) is 11.3 Å². The first-order valence-corrected chi connectivity index (χ1v) is 9.50. The lowest BCUT2D eigenvalue weighted by Crippen LogP contribution is -2.10. The standard InChI is InChI=1S/C22H22N4O3/c1-14-11-21-23-15(2)19(16(3)26(21)24-14)9-10-22(27)28-13-18-12-20(29-25-18)17-7-5-4-6-8-17/h4-8,11-12H,9-10,13H2,1-3H3. The molecule has 0 aliphatic carbocycles. The molecule has 4 rings (SSSR count). The molecule has 3 aromatic heterocycles. The Labute approximate surface area is 168 Å².